The van der Waals surface area contributed by atoms with Crippen LogP contribution in [0.1, 0.15) is 17.0 Å². The molecule has 35 heavy (non-hydrogen) atoms. The Morgan fingerprint density at radius 3 is 2.46 bits per heavy atom. The third-order valence-corrected chi connectivity index (χ3v) is 6.15. The number of urea groups is 1. The lowest BCUT2D eigenvalue weighted by atomic mass is 10.1. The number of anilines is 1. The maximum absolute atomic E-state index is 13.9. The molecule has 0 saturated carbocycles. The lowest BCUT2D eigenvalue weighted by Crippen LogP contribution is -2.49. The Bertz CT molecular complexity index is 1370. The first-order chi connectivity index (χ1) is 16.9. The molecule has 9 heteroatoms. The molecule has 1 saturated heterocycles. The van der Waals surface area contributed by atoms with E-state index in [1.54, 1.807) is 11.1 Å². The Hall–Kier alpha value is -3.85. The molecule has 3 heterocycles. The van der Waals surface area contributed by atoms with Gasteiger partial charge in [-0.05, 0) is 61.4 Å². The van der Waals surface area contributed by atoms with E-state index in [0.717, 1.165) is 34.8 Å². The second kappa shape index (κ2) is 9.42. The van der Waals surface area contributed by atoms with E-state index in [0.29, 0.717) is 32.7 Å². The van der Waals surface area contributed by atoms with Gasteiger partial charge < -0.3 is 10.2 Å². The molecular formula is C26H26F2N6O. The predicted molar refractivity (Wildman–Crippen MR) is 131 cm³/mol. The van der Waals surface area contributed by atoms with Gasteiger partial charge in [-0.1, -0.05) is 6.07 Å². The zero-order valence-corrected chi connectivity index (χ0v) is 19.6. The molecule has 0 spiro atoms. The second-order valence-corrected chi connectivity index (χ2v) is 8.87. The quantitative estimate of drug-likeness (QED) is 0.465. The third-order valence-electron chi connectivity index (χ3n) is 6.15. The number of hydrogen-bond donors (Lipinski definition) is 1. The van der Waals surface area contributed by atoms with E-state index in [4.69, 9.17) is 4.98 Å². The van der Waals surface area contributed by atoms with Crippen molar-refractivity contribution in [1.29, 1.82) is 0 Å². The van der Waals surface area contributed by atoms with Gasteiger partial charge >= 0.3 is 6.03 Å². The predicted octanol–water partition coefficient (Wildman–Crippen LogP) is 4.67. The number of aryl methyl sites for hydroxylation is 2. The monoisotopic (exact) mass is 476 g/mol. The summed E-state index contributed by atoms with van der Waals surface area (Å²) in [5, 5.41) is 2.53. The topological polar surface area (TPSA) is 66.3 Å². The SMILES string of the molecule is Cc1cc(C)cc(-n2c(CN3CCN(C(=O)Nc4ccc(F)cc4F)CC3)nc3cccnc32)c1. The number of pyridine rings is 1. The number of piperazine rings is 1. The van der Waals surface area contributed by atoms with Crippen molar-refractivity contribution >= 4 is 22.9 Å². The van der Waals surface area contributed by atoms with Gasteiger partial charge in [-0.25, -0.2) is 23.5 Å². The van der Waals surface area contributed by atoms with Gasteiger partial charge in [-0.2, -0.15) is 0 Å². The van der Waals surface area contributed by atoms with Crippen LogP contribution in [-0.2, 0) is 6.54 Å². The number of aromatic nitrogens is 3. The summed E-state index contributed by atoms with van der Waals surface area (Å²) in [6.45, 7) is 7.00. The Morgan fingerprint density at radius 2 is 1.74 bits per heavy atom. The lowest BCUT2D eigenvalue weighted by molar-refractivity contribution is 0.140. The molecule has 2 aromatic carbocycles. The molecule has 2 aromatic heterocycles. The number of carbonyl (C=O) groups is 1. The van der Waals surface area contributed by atoms with E-state index in [2.05, 4.69) is 51.8 Å². The van der Waals surface area contributed by atoms with Gasteiger partial charge in [0.2, 0.25) is 0 Å². The second-order valence-electron chi connectivity index (χ2n) is 8.87. The summed E-state index contributed by atoms with van der Waals surface area (Å²) in [6, 6.07) is 12.9. The molecule has 0 atom stereocenters. The zero-order chi connectivity index (χ0) is 24.5. The molecule has 5 rings (SSSR count). The van der Waals surface area contributed by atoms with Gasteiger partial charge in [0.25, 0.3) is 0 Å². The number of benzene rings is 2. The molecule has 1 aliphatic rings. The third kappa shape index (κ3) is 4.85. The average Bonchev–Trinajstić information content (AvgIpc) is 3.18. The van der Waals surface area contributed by atoms with Crippen LogP contribution < -0.4 is 5.32 Å². The number of fused-ring (bicyclic) bond motifs is 1. The van der Waals surface area contributed by atoms with Crippen LogP contribution in [0.5, 0.6) is 0 Å². The first-order valence-corrected chi connectivity index (χ1v) is 11.5. The van der Waals surface area contributed by atoms with Crippen LogP contribution in [0.3, 0.4) is 0 Å². The highest BCUT2D eigenvalue weighted by atomic mass is 19.1. The van der Waals surface area contributed by atoms with Crippen LogP contribution in [0.25, 0.3) is 16.9 Å². The van der Waals surface area contributed by atoms with Crippen LogP contribution in [0.4, 0.5) is 19.3 Å². The number of amides is 2. The maximum Gasteiger partial charge on any atom is 0.322 e. The fourth-order valence-electron chi connectivity index (χ4n) is 4.51. The Balaban J connectivity index is 1.31. The highest BCUT2D eigenvalue weighted by Crippen LogP contribution is 2.23. The van der Waals surface area contributed by atoms with E-state index < -0.39 is 17.7 Å². The standard InChI is InChI=1S/C26H26F2N6O/c1-17-12-18(2)14-20(13-17)34-24(30-23-4-3-7-29-25(23)34)16-32-8-10-33(11-9-32)26(35)31-22-6-5-19(27)15-21(22)28/h3-7,12-15H,8-11,16H2,1-2H3,(H,31,35). The van der Waals surface area contributed by atoms with E-state index in [1.807, 2.05) is 12.1 Å². The van der Waals surface area contributed by atoms with E-state index in [-0.39, 0.29) is 5.69 Å². The number of carbonyl (C=O) groups excluding carboxylic acids is 1. The van der Waals surface area contributed by atoms with Crippen molar-refractivity contribution < 1.29 is 13.6 Å². The van der Waals surface area contributed by atoms with E-state index >= 15 is 0 Å². The van der Waals surface area contributed by atoms with Crippen LogP contribution >= 0.6 is 0 Å². The fourth-order valence-corrected chi connectivity index (χ4v) is 4.51. The molecule has 4 aromatic rings. The summed E-state index contributed by atoms with van der Waals surface area (Å²) in [5.74, 6) is -0.595. The van der Waals surface area contributed by atoms with Crippen molar-refractivity contribution in [2.75, 3.05) is 31.5 Å². The van der Waals surface area contributed by atoms with Gasteiger partial charge in [-0.15, -0.1) is 0 Å². The molecule has 0 bridgehead atoms. The molecular weight excluding hydrogens is 450 g/mol. The molecule has 0 unspecified atom stereocenters. The normalized spacial score (nSPS) is 14.5. The molecule has 1 aliphatic heterocycles. The van der Waals surface area contributed by atoms with Crippen LogP contribution in [-0.4, -0.2) is 56.5 Å². The Labute approximate surface area is 202 Å². The summed E-state index contributed by atoms with van der Waals surface area (Å²) in [7, 11) is 0. The summed E-state index contributed by atoms with van der Waals surface area (Å²) in [5.41, 5.74) is 4.97. The number of halogens is 2. The average molecular weight is 477 g/mol. The number of hydrogen-bond acceptors (Lipinski definition) is 4. The van der Waals surface area contributed by atoms with Crippen molar-refractivity contribution in [2.45, 2.75) is 20.4 Å². The van der Waals surface area contributed by atoms with Crippen LogP contribution in [0.2, 0.25) is 0 Å². The first-order valence-electron chi connectivity index (χ1n) is 11.5. The highest BCUT2D eigenvalue weighted by Gasteiger charge is 2.24. The number of imidazole rings is 1. The number of nitrogens with zero attached hydrogens (tertiary/aromatic N) is 5. The van der Waals surface area contributed by atoms with Crippen molar-refractivity contribution in [1.82, 2.24) is 24.3 Å². The Kier molecular flexibility index (Phi) is 6.17. The highest BCUT2D eigenvalue weighted by molar-refractivity contribution is 5.89. The lowest BCUT2D eigenvalue weighted by Gasteiger charge is -2.34. The van der Waals surface area contributed by atoms with Crippen LogP contribution in [0.15, 0.2) is 54.7 Å². The maximum atomic E-state index is 13.9. The molecule has 0 radical (unpaired) electrons. The van der Waals surface area contributed by atoms with Gasteiger partial charge in [0.05, 0.1) is 12.2 Å². The number of rotatable bonds is 4. The van der Waals surface area contributed by atoms with Gasteiger partial charge in [0, 0.05) is 44.1 Å². The smallest absolute Gasteiger partial charge is 0.322 e. The molecule has 1 fully saturated rings. The summed E-state index contributed by atoms with van der Waals surface area (Å²) < 4.78 is 29.1. The molecule has 2 amide bonds. The molecule has 7 nitrogen and oxygen atoms in total. The summed E-state index contributed by atoms with van der Waals surface area (Å²) in [6.07, 6.45) is 1.77. The minimum absolute atomic E-state index is 0.0338. The van der Waals surface area contributed by atoms with E-state index in [9.17, 15) is 13.6 Å². The largest absolute Gasteiger partial charge is 0.322 e. The van der Waals surface area contributed by atoms with Crippen molar-refractivity contribution in [3.8, 4) is 5.69 Å². The summed E-state index contributed by atoms with van der Waals surface area (Å²) >= 11 is 0. The van der Waals surface area contributed by atoms with Gasteiger partial charge in [-0.3, -0.25) is 9.47 Å². The molecule has 1 N–H and O–H groups in total. The minimum atomic E-state index is -0.795. The van der Waals surface area contributed by atoms with Gasteiger partial charge in [0.15, 0.2) is 5.65 Å². The summed E-state index contributed by atoms with van der Waals surface area (Å²) in [4.78, 5) is 25.9. The van der Waals surface area contributed by atoms with Crippen molar-refractivity contribution in [3.05, 3.63) is 83.3 Å². The van der Waals surface area contributed by atoms with Crippen LogP contribution in [0, 0.1) is 25.5 Å². The van der Waals surface area contributed by atoms with E-state index in [1.165, 1.54) is 17.2 Å². The minimum Gasteiger partial charge on any atom is -0.322 e. The van der Waals surface area contributed by atoms with Crippen molar-refractivity contribution in [3.63, 3.8) is 0 Å². The zero-order valence-electron chi connectivity index (χ0n) is 19.6. The first kappa shape index (κ1) is 22.9. The van der Waals surface area contributed by atoms with Crippen molar-refractivity contribution in [2.24, 2.45) is 0 Å². The molecule has 0 aliphatic carbocycles. The number of nitrogens with one attached hydrogen (secondary N) is 1. The molecule has 180 valence electrons. The Morgan fingerprint density at radius 1 is 1.00 bits per heavy atom. The van der Waals surface area contributed by atoms with Gasteiger partial charge in [0.1, 0.15) is 23.0 Å². The fraction of sp³-hybridized carbons (Fsp3) is 0.269.